The molecule has 2 aromatic rings. The van der Waals surface area contributed by atoms with Gasteiger partial charge in [0.25, 0.3) is 0 Å². The molecule has 0 atom stereocenters. The Bertz CT molecular complexity index is 575. The maximum Gasteiger partial charge on any atom is 0.183 e. The highest BCUT2D eigenvalue weighted by Crippen LogP contribution is 2.25. The molecular weight excluding hydrogens is 200 g/mol. The lowest BCUT2D eigenvalue weighted by atomic mass is 10.1. The van der Waals surface area contributed by atoms with E-state index in [2.05, 4.69) is 4.98 Å². The first-order valence-corrected chi connectivity index (χ1v) is 4.93. The van der Waals surface area contributed by atoms with Crippen molar-refractivity contribution < 1.29 is 0 Å². The number of benzene rings is 1. The summed E-state index contributed by atoms with van der Waals surface area (Å²) < 4.78 is 1.74. The highest BCUT2D eigenvalue weighted by atomic mass is 15.1. The van der Waals surface area contributed by atoms with Gasteiger partial charge in [0.2, 0.25) is 0 Å². The van der Waals surface area contributed by atoms with Crippen LogP contribution in [-0.2, 0) is 7.05 Å². The lowest BCUT2D eigenvalue weighted by molar-refractivity contribution is 0.935. The Labute approximate surface area is 94.0 Å². The van der Waals surface area contributed by atoms with Gasteiger partial charge in [-0.2, -0.15) is 5.26 Å². The molecule has 0 radical (unpaired) electrons. The topological polar surface area (TPSA) is 67.6 Å². The summed E-state index contributed by atoms with van der Waals surface area (Å²) in [6.07, 6.45) is 0. The molecule has 0 fully saturated rings. The zero-order valence-electron chi connectivity index (χ0n) is 9.23. The third kappa shape index (κ3) is 1.43. The van der Waals surface area contributed by atoms with Crippen LogP contribution >= 0.6 is 0 Å². The molecule has 0 aliphatic rings. The summed E-state index contributed by atoms with van der Waals surface area (Å²) >= 11 is 0. The normalized spacial score (nSPS) is 10.1. The maximum atomic E-state index is 8.87. The van der Waals surface area contributed by atoms with Crippen LogP contribution in [0.15, 0.2) is 24.3 Å². The average molecular weight is 212 g/mol. The summed E-state index contributed by atoms with van der Waals surface area (Å²) in [5.41, 5.74) is 8.17. The Morgan fingerprint density at radius 3 is 2.62 bits per heavy atom. The van der Waals surface area contributed by atoms with Crippen molar-refractivity contribution in [3.63, 3.8) is 0 Å². The van der Waals surface area contributed by atoms with Crippen LogP contribution in [0.2, 0.25) is 0 Å². The van der Waals surface area contributed by atoms with Crippen LogP contribution in [-0.4, -0.2) is 9.55 Å². The lowest BCUT2D eigenvalue weighted by Gasteiger charge is -2.05. The van der Waals surface area contributed by atoms with Crippen LogP contribution in [0, 0.1) is 18.3 Å². The fraction of sp³-hybridized carbons (Fsp3) is 0.167. The molecule has 0 unspecified atom stereocenters. The second-order valence-electron chi connectivity index (χ2n) is 3.65. The molecule has 0 spiro atoms. The Hall–Kier alpha value is -2.28. The molecule has 2 N–H and O–H groups in total. The zero-order valence-corrected chi connectivity index (χ0v) is 9.23. The lowest BCUT2D eigenvalue weighted by Crippen LogP contribution is -1.99. The van der Waals surface area contributed by atoms with Gasteiger partial charge in [0.05, 0.1) is 0 Å². The SMILES string of the molecule is Cc1ccccc1-c1nc(C#N)c(N)n1C. The van der Waals surface area contributed by atoms with E-state index >= 15 is 0 Å². The monoisotopic (exact) mass is 212 g/mol. The van der Waals surface area contributed by atoms with Gasteiger partial charge in [-0.25, -0.2) is 4.98 Å². The van der Waals surface area contributed by atoms with E-state index in [1.165, 1.54) is 0 Å². The molecule has 0 bridgehead atoms. The molecule has 0 aliphatic heterocycles. The largest absolute Gasteiger partial charge is 0.383 e. The summed E-state index contributed by atoms with van der Waals surface area (Å²) in [7, 11) is 1.81. The molecule has 0 saturated carbocycles. The maximum absolute atomic E-state index is 8.87. The summed E-state index contributed by atoms with van der Waals surface area (Å²) in [5, 5.41) is 8.87. The molecule has 0 aliphatic carbocycles. The summed E-state index contributed by atoms with van der Waals surface area (Å²) in [6, 6.07) is 9.88. The zero-order chi connectivity index (χ0) is 11.7. The van der Waals surface area contributed by atoms with Gasteiger partial charge in [-0.3, -0.25) is 0 Å². The second-order valence-corrected chi connectivity index (χ2v) is 3.65. The standard InChI is InChI=1S/C12H12N4/c1-8-5-3-4-6-9(8)12-15-10(7-13)11(14)16(12)2/h3-6H,14H2,1-2H3. The van der Waals surface area contributed by atoms with Gasteiger partial charge in [-0.15, -0.1) is 0 Å². The minimum atomic E-state index is 0.278. The van der Waals surface area contributed by atoms with E-state index in [4.69, 9.17) is 11.0 Å². The van der Waals surface area contributed by atoms with Crippen molar-refractivity contribution in [2.45, 2.75) is 6.92 Å². The fourth-order valence-electron chi connectivity index (χ4n) is 1.66. The Balaban J connectivity index is 2.67. The van der Waals surface area contributed by atoms with E-state index in [1.807, 2.05) is 44.3 Å². The number of imidazole rings is 1. The first-order valence-electron chi connectivity index (χ1n) is 4.93. The van der Waals surface area contributed by atoms with Crippen LogP contribution in [0.4, 0.5) is 5.82 Å². The molecule has 2 rings (SSSR count). The number of nitriles is 1. The van der Waals surface area contributed by atoms with Gasteiger partial charge in [-0.1, -0.05) is 24.3 Å². The number of rotatable bonds is 1. The summed E-state index contributed by atoms with van der Waals surface area (Å²) in [5.74, 6) is 1.13. The van der Waals surface area contributed by atoms with E-state index < -0.39 is 0 Å². The van der Waals surface area contributed by atoms with E-state index in [-0.39, 0.29) is 5.69 Å². The first kappa shape index (κ1) is 10.2. The summed E-state index contributed by atoms with van der Waals surface area (Å²) in [6.45, 7) is 2.01. The summed E-state index contributed by atoms with van der Waals surface area (Å²) in [4.78, 5) is 4.24. The number of aryl methyl sites for hydroxylation is 1. The number of nitrogen functional groups attached to an aromatic ring is 1. The molecule has 4 nitrogen and oxygen atoms in total. The number of hydrogen-bond donors (Lipinski definition) is 1. The van der Waals surface area contributed by atoms with Crippen molar-refractivity contribution in [2.24, 2.45) is 7.05 Å². The molecular formula is C12H12N4. The van der Waals surface area contributed by atoms with E-state index in [9.17, 15) is 0 Å². The Morgan fingerprint density at radius 2 is 2.06 bits per heavy atom. The molecule has 80 valence electrons. The van der Waals surface area contributed by atoms with Crippen molar-refractivity contribution in [1.82, 2.24) is 9.55 Å². The number of nitrogens with zero attached hydrogens (tertiary/aromatic N) is 3. The van der Waals surface area contributed by atoms with Crippen LogP contribution in [0.5, 0.6) is 0 Å². The fourth-order valence-corrected chi connectivity index (χ4v) is 1.66. The third-order valence-electron chi connectivity index (χ3n) is 2.63. The van der Waals surface area contributed by atoms with Gasteiger partial charge in [0.1, 0.15) is 17.7 Å². The molecule has 4 heteroatoms. The number of hydrogen-bond acceptors (Lipinski definition) is 3. The highest BCUT2D eigenvalue weighted by Gasteiger charge is 2.13. The van der Waals surface area contributed by atoms with Gasteiger partial charge < -0.3 is 10.3 Å². The van der Waals surface area contributed by atoms with Crippen molar-refractivity contribution in [3.8, 4) is 17.5 Å². The van der Waals surface area contributed by atoms with Crippen molar-refractivity contribution >= 4 is 5.82 Å². The highest BCUT2D eigenvalue weighted by molar-refractivity contribution is 5.65. The molecule has 16 heavy (non-hydrogen) atoms. The van der Waals surface area contributed by atoms with Gasteiger partial charge in [0.15, 0.2) is 5.69 Å². The molecule has 1 heterocycles. The molecule has 0 saturated heterocycles. The van der Waals surface area contributed by atoms with Crippen molar-refractivity contribution in [3.05, 3.63) is 35.5 Å². The van der Waals surface area contributed by atoms with E-state index in [0.29, 0.717) is 5.82 Å². The molecule has 1 aromatic carbocycles. The Kier molecular flexibility index (Phi) is 2.37. The molecule has 0 amide bonds. The van der Waals surface area contributed by atoms with Crippen LogP contribution < -0.4 is 5.73 Å². The first-order chi connectivity index (χ1) is 7.65. The van der Waals surface area contributed by atoms with Crippen LogP contribution in [0.25, 0.3) is 11.4 Å². The molecule has 1 aromatic heterocycles. The average Bonchev–Trinajstić information content (AvgIpc) is 2.57. The smallest absolute Gasteiger partial charge is 0.183 e. The minimum absolute atomic E-state index is 0.278. The minimum Gasteiger partial charge on any atom is -0.383 e. The number of nitrogens with two attached hydrogens (primary N) is 1. The van der Waals surface area contributed by atoms with Crippen LogP contribution in [0.3, 0.4) is 0 Å². The van der Waals surface area contributed by atoms with Crippen molar-refractivity contribution in [2.75, 3.05) is 5.73 Å². The van der Waals surface area contributed by atoms with E-state index in [0.717, 1.165) is 17.0 Å². The third-order valence-corrected chi connectivity index (χ3v) is 2.63. The van der Waals surface area contributed by atoms with Gasteiger partial charge in [0, 0.05) is 12.6 Å². The second kappa shape index (κ2) is 3.70. The van der Waals surface area contributed by atoms with E-state index in [1.54, 1.807) is 4.57 Å². The number of anilines is 1. The van der Waals surface area contributed by atoms with Gasteiger partial charge in [-0.05, 0) is 12.5 Å². The predicted molar refractivity (Wildman–Crippen MR) is 62.5 cm³/mol. The predicted octanol–water partition coefficient (Wildman–Crippen LogP) is 1.85. The van der Waals surface area contributed by atoms with Crippen molar-refractivity contribution in [1.29, 1.82) is 5.26 Å². The quantitative estimate of drug-likeness (QED) is 0.784. The van der Waals surface area contributed by atoms with Gasteiger partial charge >= 0.3 is 0 Å². The Morgan fingerprint density at radius 1 is 1.38 bits per heavy atom. The van der Waals surface area contributed by atoms with Crippen LogP contribution in [0.1, 0.15) is 11.3 Å². The number of aromatic nitrogens is 2.